The summed E-state index contributed by atoms with van der Waals surface area (Å²) in [7, 11) is 3.72. The third-order valence-corrected chi connectivity index (χ3v) is 13.7. The van der Waals surface area contributed by atoms with Crippen LogP contribution in [0.2, 0.25) is 5.02 Å². The van der Waals surface area contributed by atoms with Crippen LogP contribution >= 0.6 is 11.6 Å². The van der Waals surface area contributed by atoms with Gasteiger partial charge in [0.2, 0.25) is 5.91 Å². The van der Waals surface area contributed by atoms with Crippen molar-refractivity contribution in [1.82, 2.24) is 29.9 Å². The van der Waals surface area contributed by atoms with Crippen LogP contribution in [0.3, 0.4) is 0 Å². The first-order valence-electron chi connectivity index (χ1n) is 21.0. The number of piperidine rings is 1. The Balaban J connectivity index is 0.801. The van der Waals surface area contributed by atoms with E-state index in [0.29, 0.717) is 58.3 Å². The molecule has 8 rings (SSSR count). The van der Waals surface area contributed by atoms with Crippen LogP contribution in [-0.2, 0) is 11.0 Å². The van der Waals surface area contributed by atoms with E-state index >= 15 is 0 Å². The Morgan fingerprint density at radius 3 is 2.41 bits per heavy atom. The summed E-state index contributed by atoms with van der Waals surface area (Å²) in [5.74, 6) is -0.248. The molecule has 2 aliphatic heterocycles. The second kappa shape index (κ2) is 17.3. The summed E-state index contributed by atoms with van der Waals surface area (Å²) in [6, 6.07) is 11.9. The normalized spacial score (nSPS) is 21.2. The maximum Gasteiger partial charge on any atom is 0.433 e. The Morgan fingerprint density at radius 2 is 1.72 bits per heavy atom. The maximum atomic E-state index is 13.6. The van der Waals surface area contributed by atoms with E-state index in [9.17, 15) is 32.3 Å². The van der Waals surface area contributed by atoms with Gasteiger partial charge >= 0.3 is 12.2 Å². The van der Waals surface area contributed by atoms with Crippen molar-refractivity contribution in [2.24, 2.45) is 11.3 Å². The number of rotatable bonds is 9. The van der Waals surface area contributed by atoms with E-state index in [2.05, 4.69) is 27.6 Å². The smallest absolute Gasteiger partial charge is 0.433 e. The molecule has 13 nitrogen and oxygen atoms in total. The molecule has 61 heavy (non-hydrogen) atoms. The quantitative estimate of drug-likeness (QED) is 0.171. The lowest BCUT2D eigenvalue weighted by Crippen LogP contribution is -2.49. The minimum Gasteiger partial charge on any atom is -0.494 e. The van der Waals surface area contributed by atoms with Crippen molar-refractivity contribution < 1.29 is 37.1 Å². The molecule has 0 unspecified atom stereocenters. The molecule has 4 heterocycles. The first-order valence-corrected chi connectivity index (χ1v) is 21.4. The molecule has 0 atom stereocenters. The minimum atomic E-state index is -4.67. The van der Waals surface area contributed by atoms with Gasteiger partial charge in [0.1, 0.15) is 17.1 Å². The molecule has 2 saturated heterocycles. The molecule has 4 fully saturated rings. The Labute approximate surface area is 356 Å². The number of urea groups is 1. The number of aromatic nitrogens is 3. The van der Waals surface area contributed by atoms with Crippen LogP contribution in [0.1, 0.15) is 103 Å². The number of likely N-dealkylation sites (tertiary alicyclic amines) is 1. The van der Waals surface area contributed by atoms with Crippen LogP contribution in [0.4, 0.5) is 29.3 Å². The van der Waals surface area contributed by atoms with E-state index in [-0.39, 0.29) is 41.9 Å². The topological polar surface area (TPSA) is 142 Å². The number of anilines is 2. The standard InChI is InChI=1S/C44H50ClF3N8O5/c1-53(30-12-15-43(16-13-30)17-20-54(21-18-43)41(59)28-8-11-32(45)36(23-28)55-19-14-39(57)51-42(55)60)25-27-6-9-31(10-7-27)56-26-29-22-35(37(61-2)24-34(29)52-56)50-40(58)33-4-3-5-38(49-33)44(46,47)48/h3-5,8,11,22-24,26-27,30-31H,6-7,9-10,12-21,25H2,1-2H3,(H,50,58)(H,51,57,60). The molecule has 1 spiro atoms. The van der Waals surface area contributed by atoms with Gasteiger partial charge in [-0.15, -0.1) is 0 Å². The van der Waals surface area contributed by atoms with Crippen LogP contribution < -0.4 is 20.3 Å². The van der Waals surface area contributed by atoms with Gasteiger partial charge in [0, 0.05) is 61.9 Å². The zero-order valence-corrected chi connectivity index (χ0v) is 35.0. The molecule has 2 aromatic heterocycles. The lowest BCUT2D eigenvalue weighted by Gasteiger charge is -2.47. The number of hydrogen-bond acceptors (Lipinski definition) is 8. The van der Waals surface area contributed by atoms with Crippen LogP contribution in [0.5, 0.6) is 5.75 Å². The van der Waals surface area contributed by atoms with Crippen molar-refractivity contribution in [3.8, 4) is 5.75 Å². The highest BCUT2D eigenvalue weighted by Crippen LogP contribution is 2.46. The van der Waals surface area contributed by atoms with Crippen molar-refractivity contribution in [1.29, 1.82) is 0 Å². The van der Waals surface area contributed by atoms with E-state index in [0.717, 1.165) is 88.3 Å². The van der Waals surface area contributed by atoms with Gasteiger partial charge in [-0.3, -0.25) is 29.3 Å². The fourth-order valence-corrected chi connectivity index (χ4v) is 9.97. The highest BCUT2D eigenvalue weighted by molar-refractivity contribution is 6.34. The molecule has 2 aliphatic carbocycles. The predicted octanol–water partition coefficient (Wildman–Crippen LogP) is 8.34. The average Bonchev–Trinajstić information content (AvgIpc) is 3.67. The molecular formula is C44H50ClF3N8O5. The number of imide groups is 1. The highest BCUT2D eigenvalue weighted by Gasteiger charge is 2.41. The number of carbonyl (C=O) groups is 4. The van der Waals surface area contributed by atoms with E-state index in [4.69, 9.17) is 21.4 Å². The van der Waals surface area contributed by atoms with Gasteiger partial charge in [-0.2, -0.15) is 18.3 Å². The van der Waals surface area contributed by atoms with Gasteiger partial charge in [-0.1, -0.05) is 17.7 Å². The number of pyridine rings is 1. The van der Waals surface area contributed by atoms with Crippen molar-refractivity contribution in [2.45, 2.75) is 88.9 Å². The molecule has 324 valence electrons. The van der Waals surface area contributed by atoms with E-state index < -0.39 is 23.8 Å². The monoisotopic (exact) mass is 862 g/mol. The molecule has 0 radical (unpaired) electrons. The number of methoxy groups -OCH3 is 1. The van der Waals surface area contributed by atoms with Gasteiger partial charge in [0.15, 0.2) is 0 Å². The number of fused-ring (bicyclic) bond motifs is 1. The number of ether oxygens (including phenoxy) is 1. The third kappa shape index (κ3) is 9.20. The summed E-state index contributed by atoms with van der Waals surface area (Å²) in [4.78, 5) is 60.0. The van der Waals surface area contributed by atoms with Crippen molar-refractivity contribution >= 4 is 57.6 Å². The first kappa shape index (κ1) is 42.5. The number of hydrogen-bond donors (Lipinski definition) is 2. The predicted molar refractivity (Wildman–Crippen MR) is 224 cm³/mol. The number of amides is 5. The van der Waals surface area contributed by atoms with Gasteiger partial charge in [-0.25, -0.2) is 9.78 Å². The maximum absolute atomic E-state index is 13.6. The second-order valence-electron chi connectivity index (χ2n) is 17.1. The highest BCUT2D eigenvalue weighted by atomic mass is 35.5. The number of carbonyl (C=O) groups excluding carboxylic acids is 4. The number of benzene rings is 2. The van der Waals surface area contributed by atoms with Crippen molar-refractivity contribution in [3.63, 3.8) is 0 Å². The zero-order valence-electron chi connectivity index (χ0n) is 34.3. The Kier molecular flexibility index (Phi) is 12.0. The molecule has 17 heteroatoms. The van der Waals surface area contributed by atoms with Crippen LogP contribution in [-0.4, -0.2) is 94.7 Å². The second-order valence-corrected chi connectivity index (χ2v) is 17.5. The van der Waals surface area contributed by atoms with Gasteiger partial charge in [0.25, 0.3) is 11.8 Å². The lowest BCUT2D eigenvalue weighted by molar-refractivity contribution is -0.141. The Bertz CT molecular complexity index is 2310. The third-order valence-electron chi connectivity index (χ3n) is 13.4. The zero-order chi connectivity index (χ0) is 43.1. The average molecular weight is 863 g/mol. The molecule has 4 aliphatic rings. The number of halogens is 4. The molecule has 0 bridgehead atoms. The van der Waals surface area contributed by atoms with Gasteiger partial charge < -0.3 is 19.9 Å². The molecule has 2 N–H and O–H groups in total. The first-order chi connectivity index (χ1) is 29.2. The fraction of sp³-hybridized carbons (Fsp3) is 0.500. The number of nitrogens with one attached hydrogen (secondary N) is 2. The van der Waals surface area contributed by atoms with Crippen LogP contribution in [0.25, 0.3) is 10.9 Å². The summed E-state index contributed by atoms with van der Waals surface area (Å²) in [5, 5.41) is 10.9. The molecule has 2 aromatic carbocycles. The fourth-order valence-electron chi connectivity index (χ4n) is 9.75. The van der Waals surface area contributed by atoms with Crippen LogP contribution in [0, 0.1) is 11.3 Å². The summed E-state index contributed by atoms with van der Waals surface area (Å²) >= 11 is 6.42. The summed E-state index contributed by atoms with van der Waals surface area (Å²) in [6.07, 6.45) is 8.13. The lowest BCUT2D eigenvalue weighted by atomic mass is 9.66. The largest absolute Gasteiger partial charge is 0.494 e. The number of alkyl halides is 3. The summed E-state index contributed by atoms with van der Waals surface area (Å²) in [5.41, 5.74) is 0.677. The van der Waals surface area contributed by atoms with Crippen LogP contribution in [0.15, 0.2) is 54.7 Å². The number of nitrogens with zero attached hydrogens (tertiary/aromatic N) is 6. The Hall–Kier alpha value is -5.22. The molecule has 4 aromatic rings. The minimum absolute atomic E-state index is 0.0712. The molecular weight excluding hydrogens is 813 g/mol. The van der Waals surface area contributed by atoms with Gasteiger partial charge in [0.05, 0.1) is 35.1 Å². The van der Waals surface area contributed by atoms with E-state index in [1.165, 1.54) is 18.1 Å². The van der Waals surface area contributed by atoms with E-state index in [1.807, 2.05) is 15.8 Å². The van der Waals surface area contributed by atoms with E-state index in [1.54, 1.807) is 30.3 Å². The van der Waals surface area contributed by atoms with Gasteiger partial charge in [-0.05, 0) is 119 Å². The summed E-state index contributed by atoms with van der Waals surface area (Å²) in [6.45, 7) is 2.64. The molecule has 2 saturated carbocycles. The molecule has 5 amide bonds. The van der Waals surface area contributed by atoms with Crippen molar-refractivity contribution in [2.75, 3.05) is 50.6 Å². The van der Waals surface area contributed by atoms with Crippen molar-refractivity contribution in [3.05, 3.63) is 76.7 Å². The SMILES string of the molecule is COc1cc2nn(C3CCC(CN(C)C4CCC5(CC4)CCN(C(=O)c4ccc(Cl)c(N6CCC(=O)NC6=O)c4)CC5)CC3)cc2cc1NC(=O)c1cccc(C(F)(F)F)n1. The Morgan fingerprint density at radius 1 is 0.984 bits per heavy atom. The summed E-state index contributed by atoms with van der Waals surface area (Å²) < 4.78 is 47.1.